The van der Waals surface area contributed by atoms with Crippen LogP contribution < -0.4 is 0 Å². The molecule has 0 atom stereocenters. The Morgan fingerprint density at radius 2 is 1.80 bits per heavy atom. The van der Waals surface area contributed by atoms with Gasteiger partial charge in [-0.1, -0.05) is 42.1 Å². The van der Waals surface area contributed by atoms with Crippen molar-refractivity contribution in [2.24, 2.45) is 0 Å². The quantitative estimate of drug-likeness (QED) is 0.524. The predicted octanol–water partition coefficient (Wildman–Crippen LogP) is 3.53. The van der Waals surface area contributed by atoms with Crippen molar-refractivity contribution in [1.82, 2.24) is 0 Å². The van der Waals surface area contributed by atoms with E-state index in [1.807, 2.05) is 0 Å². The van der Waals surface area contributed by atoms with Crippen molar-refractivity contribution in [3.63, 3.8) is 0 Å². The molecule has 1 aliphatic carbocycles. The number of hydrogen-bond donors (Lipinski definition) is 0. The topological polar surface area (TPSA) is 18.5 Å². The van der Waals surface area contributed by atoms with E-state index in [4.69, 9.17) is 9.47 Å². The SMILES string of the molecule is CCCOCCOC1(CBr)CCCCC1. The summed E-state index contributed by atoms with van der Waals surface area (Å²) < 4.78 is 11.4. The molecule has 0 spiro atoms. The molecule has 0 amide bonds. The van der Waals surface area contributed by atoms with Crippen LogP contribution in [0.3, 0.4) is 0 Å². The minimum atomic E-state index is 0.105. The fraction of sp³-hybridized carbons (Fsp3) is 1.00. The van der Waals surface area contributed by atoms with Crippen molar-refractivity contribution >= 4 is 15.9 Å². The van der Waals surface area contributed by atoms with Gasteiger partial charge in [0.1, 0.15) is 0 Å². The highest BCUT2D eigenvalue weighted by Gasteiger charge is 2.31. The Morgan fingerprint density at radius 1 is 1.07 bits per heavy atom. The molecule has 1 aliphatic rings. The third-order valence-electron chi connectivity index (χ3n) is 2.99. The van der Waals surface area contributed by atoms with Gasteiger partial charge in [0.25, 0.3) is 0 Å². The van der Waals surface area contributed by atoms with E-state index in [0.717, 1.165) is 31.6 Å². The molecule has 0 bridgehead atoms. The summed E-state index contributed by atoms with van der Waals surface area (Å²) in [6.45, 7) is 4.46. The van der Waals surface area contributed by atoms with Gasteiger partial charge in [-0.2, -0.15) is 0 Å². The van der Waals surface area contributed by atoms with E-state index in [1.54, 1.807) is 0 Å². The third-order valence-corrected chi connectivity index (χ3v) is 4.01. The monoisotopic (exact) mass is 278 g/mol. The zero-order chi connectivity index (χ0) is 11.0. The molecule has 0 N–H and O–H groups in total. The lowest BCUT2D eigenvalue weighted by molar-refractivity contribution is -0.0719. The van der Waals surface area contributed by atoms with E-state index in [9.17, 15) is 0 Å². The normalized spacial score (nSPS) is 20.4. The van der Waals surface area contributed by atoms with Crippen LogP contribution in [-0.2, 0) is 9.47 Å². The molecular formula is C12H23BrO2. The van der Waals surface area contributed by atoms with Crippen molar-refractivity contribution in [2.75, 3.05) is 25.2 Å². The fourth-order valence-corrected chi connectivity index (χ4v) is 2.80. The van der Waals surface area contributed by atoms with Gasteiger partial charge in [-0.25, -0.2) is 0 Å². The van der Waals surface area contributed by atoms with E-state index >= 15 is 0 Å². The van der Waals surface area contributed by atoms with Gasteiger partial charge < -0.3 is 9.47 Å². The third kappa shape index (κ3) is 4.83. The summed E-state index contributed by atoms with van der Waals surface area (Å²) >= 11 is 3.59. The molecule has 1 saturated carbocycles. The molecule has 3 heteroatoms. The molecule has 0 saturated heterocycles. The molecule has 1 fully saturated rings. The molecule has 1 rings (SSSR count). The molecular weight excluding hydrogens is 256 g/mol. The van der Waals surface area contributed by atoms with Gasteiger partial charge in [-0.15, -0.1) is 0 Å². The number of halogens is 1. The smallest absolute Gasteiger partial charge is 0.0780 e. The van der Waals surface area contributed by atoms with Crippen LogP contribution in [0.25, 0.3) is 0 Å². The Hall–Kier alpha value is 0.400. The highest BCUT2D eigenvalue weighted by molar-refractivity contribution is 9.09. The van der Waals surface area contributed by atoms with Crippen LogP contribution in [-0.4, -0.2) is 30.8 Å². The standard InChI is InChI=1S/C12H23BrO2/c1-2-8-14-9-10-15-12(11-13)6-4-3-5-7-12/h2-11H2,1H3. The van der Waals surface area contributed by atoms with Gasteiger partial charge in [0.15, 0.2) is 0 Å². The summed E-state index contributed by atoms with van der Waals surface area (Å²) in [4.78, 5) is 0. The maximum Gasteiger partial charge on any atom is 0.0780 e. The Balaban J connectivity index is 2.15. The maximum absolute atomic E-state index is 5.99. The molecule has 15 heavy (non-hydrogen) atoms. The van der Waals surface area contributed by atoms with Gasteiger partial charge in [0.2, 0.25) is 0 Å². The van der Waals surface area contributed by atoms with E-state index in [2.05, 4.69) is 22.9 Å². The predicted molar refractivity (Wildman–Crippen MR) is 66.7 cm³/mol. The van der Waals surface area contributed by atoms with Crippen molar-refractivity contribution in [3.05, 3.63) is 0 Å². The lowest BCUT2D eigenvalue weighted by atomic mass is 9.86. The molecule has 0 aromatic carbocycles. The molecule has 0 unspecified atom stereocenters. The highest BCUT2D eigenvalue weighted by Crippen LogP contribution is 2.33. The van der Waals surface area contributed by atoms with Crippen molar-refractivity contribution in [3.8, 4) is 0 Å². The fourth-order valence-electron chi connectivity index (χ4n) is 2.08. The van der Waals surface area contributed by atoms with Crippen molar-refractivity contribution < 1.29 is 9.47 Å². The minimum absolute atomic E-state index is 0.105. The van der Waals surface area contributed by atoms with Crippen LogP contribution in [0.15, 0.2) is 0 Å². The van der Waals surface area contributed by atoms with E-state index in [-0.39, 0.29) is 5.60 Å². The molecule has 0 radical (unpaired) electrons. The Morgan fingerprint density at radius 3 is 2.40 bits per heavy atom. The first-order chi connectivity index (χ1) is 7.33. The van der Waals surface area contributed by atoms with Crippen LogP contribution in [0.4, 0.5) is 0 Å². The van der Waals surface area contributed by atoms with E-state index < -0.39 is 0 Å². The lowest BCUT2D eigenvalue weighted by Gasteiger charge is -2.35. The first-order valence-electron chi connectivity index (χ1n) is 6.11. The first kappa shape index (κ1) is 13.5. The number of hydrogen-bond acceptors (Lipinski definition) is 2. The van der Waals surface area contributed by atoms with Crippen LogP contribution >= 0.6 is 15.9 Å². The van der Waals surface area contributed by atoms with E-state index in [1.165, 1.54) is 32.1 Å². The van der Waals surface area contributed by atoms with Gasteiger partial charge in [0, 0.05) is 11.9 Å². The van der Waals surface area contributed by atoms with Gasteiger partial charge >= 0.3 is 0 Å². The van der Waals surface area contributed by atoms with Crippen LogP contribution in [0.1, 0.15) is 45.4 Å². The largest absolute Gasteiger partial charge is 0.379 e. The molecule has 0 heterocycles. The van der Waals surface area contributed by atoms with Crippen LogP contribution in [0, 0.1) is 0 Å². The second kappa shape index (κ2) is 7.64. The van der Waals surface area contributed by atoms with E-state index in [0.29, 0.717) is 0 Å². The summed E-state index contributed by atoms with van der Waals surface area (Å²) in [5.74, 6) is 0. The first-order valence-corrected chi connectivity index (χ1v) is 7.23. The van der Waals surface area contributed by atoms with Gasteiger partial charge in [-0.05, 0) is 19.3 Å². The molecule has 2 nitrogen and oxygen atoms in total. The maximum atomic E-state index is 5.99. The average Bonchev–Trinajstić information content (AvgIpc) is 2.30. The highest BCUT2D eigenvalue weighted by atomic mass is 79.9. The summed E-state index contributed by atoms with van der Waals surface area (Å²) in [5, 5.41) is 0.966. The Bertz CT molecular complexity index is 156. The summed E-state index contributed by atoms with van der Waals surface area (Å²) in [5.41, 5.74) is 0.105. The van der Waals surface area contributed by atoms with Crippen LogP contribution in [0.5, 0.6) is 0 Å². The number of rotatable bonds is 7. The molecule has 0 aromatic rings. The lowest BCUT2D eigenvalue weighted by Crippen LogP contribution is -2.37. The summed E-state index contributed by atoms with van der Waals surface area (Å²) in [7, 11) is 0. The van der Waals surface area contributed by atoms with Crippen LogP contribution in [0.2, 0.25) is 0 Å². The Kier molecular flexibility index (Phi) is 6.86. The molecule has 90 valence electrons. The minimum Gasteiger partial charge on any atom is -0.379 e. The summed E-state index contributed by atoms with van der Waals surface area (Å²) in [6.07, 6.45) is 7.47. The van der Waals surface area contributed by atoms with Gasteiger partial charge in [-0.3, -0.25) is 0 Å². The van der Waals surface area contributed by atoms with Gasteiger partial charge in [0.05, 0.1) is 18.8 Å². The molecule has 0 aliphatic heterocycles. The van der Waals surface area contributed by atoms with Crippen molar-refractivity contribution in [1.29, 1.82) is 0 Å². The number of ether oxygens (including phenoxy) is 2. The average molecular weight is 279 g/mol. The second-order valence-electron chi connectivity index (χ2n) is 4.34. The number of alkyl halides is 1. The second-order valence-corrected chi connectivity index (χ2v) is 4.90. The van der Waals surface area contributed by atoms with Crippen molar-refractivity contribution in [2.45, 2.75) is 51.0 Å². The summed E-state index contributed by atoms with van der Waals surface area (Å²) in [6, 6.07) is 0. The molecule has 0 aromatic heterocycles. The zero-order valence-electron chi connectivity index (χ0n) is 9.77. The zero-order valence-corrected chi connectivity index (χ0v) is 11.4. The Labute approximate surface area is 102 Å².